The van der Waals surface area contributed by atoms with Crippen LogP contribution in [0.5, 0.6) is 0 Å². The van der Waals surface area contributed by atoms with Crippen molar-refractivity contribution in [1.29, 1.82) is 0 Å². The van der Waals surface area contributed by atoms with Gasteiger partial charge >= 0.3 is 0 Å². The Hall–Kier alpha value is -2.30. The van der Waals surface area contributed by atoms with Crippen LogP contribution in [0.2, 0.25) is 0 Å². The Bertz CT molecular complexity index is 925. The minimum Gasteiger partial charge on any atom is -0.356 e. The van der Waals surface area contributed by atoms with Gasteiger partial charge in [0, 0.05) is 23.5 Å². The Morgan fingerprint density at radius 3 is 2.63 bits per heavy atom. The molecule has 5 nitrogen and oxygen atoms in total. The number of aromatic nitrogens is 1. The molecule has 1 aromatic carbocycles. The van der Waals surface area contributed by atoms with Gasteiger partial charge in [-0.25, -0.2) is 0 Å². The van der Waals surface area contributed by atoms with E-state index in [1.54, 1.807) is 0 Å². The monoisotopic (exact) mass is 365 g/mol. The molecule has 1 N–H and O–H groups in total. The largest absolute Gasteiger partial charge is 0.356 e. The minimum atomic E-state index is -0.912. The molecule has 0 bridgehead atoms. The van der Waals surface area contributed by atoms with Crippen molar-refractivity contribution in [1.82, 2.24) is 14.8 Å². The SMILES string of the molecule is CC1CCC(N2CC(=O)N3CCc4c([nH]c5ccccc45)C3(C)C2=O)CC1. The summed E-state index contributed by atoms with van der Waals surface area (Å²) < 4.78 is 0. The van der Waals surface area contributed by atoms with Gasteiger partial charge in [0.1, 0.15) is 6.54 Å². The molecule has 3 heterocycles. The summed E-state index contributed by atoms with van der Waals surface area (Å²) in [5.41, 5.74) is 2.26. The second kappa shape index (κ2) is 5.85. The van der Waals surface area contributed by atoms with E-state index in [0.717, 1.165) is 49.2 Å². The summed E-state index contributed by atoms with van der Waals surface area (Å²) in [7, 11) is 0. The quantitative estimate of drug-likeness (QED) is 0.844. The molecular formula is C22H27N3O2. The lowest BCUT2D eigenvalue weighted by molar-refractivity contribution is -0.169. The molecule has 1 aliphatic carbocycles. The second-order valence-electron chi connectivity index (χ2n) is 8.74. The van der Waals surface area contributed by atoms with Crippen molar-refractivity contribution in [3.63, 3.8) is 0 Å². The molecule has 2 fully saturated rings. The fourth-order valence-electron chi connectivity index (χ4n) is 5.49. The van der Waals surface area contributed by atoms with Gasteiger partial charge in [-0.05, 0) is 56.6 Å². The van der Waals surface area contributed by atoms with Crippen LogP contribution < -0.4 is 0 Å². The summed E-state index contributed by atoms with van der Waals surface area (Å²) >= 11 is 0. The Balaban J connectivity index is 1.59. The van der Waals surface area contributed by atoms with Crippen LogP contribution in [-0.4, -0.2) is 45.7 Å². The van der Waals surface area contributed by atoms with Crippen LogP contribution in [-0.2, 0) is 21.5 Å². The maximum atomic E-state index is 13.8. The molecule has 2 amide bonds. The summed E-state index contributed by atoms with van der Waals surface area (Å²) in [5.74, 6) is 0.896. The van der Waals surface area contributed by atoms with Crippen LogP contribution in [0.15, 0.2) is 24.3 Å². The third-order valence-electron chi connectivity index (χ3n) is 7.14. The molecule has 1 aromatic heterocycles. The fourth-order valence-corrected chi connectivity index (χ4v) is 5.49. The van der Waals surface area contributed by atoms with Crippen LogP contribution >= 0.6 is 0 Å². The number of carbonyl (C=O) groups is 2. The summed E-state index contributed by atoms with van der Waals surface area (Å²) in [5, 5.41) is 1.18. The predicted octanol–water partition coefficient (Wildman–Crippen LogP) is 3.19. The lowest BCUT2D eigenvalue weighted by atomic mass is 9.80. The van der Waals surface area contributed by atoms with Crippen molar-refractivity contribution in [2.75, 3.05) is 13.1 Å². The molecule has 5 heteroatoms. The molecular weight excluding hydrogens is 338 g/mol. The van der Waals surface area contributed by atoms with Gasteiger partial charge in [-0.15, -0.1) is 0 Å². The molecule has 2 aliphatic heterocycles. The Morgan fingerprint density at radius 2 is 1.85 bits per heavy atom. The summed E-state index contributed by atoms with van der Waals surface area (Å²) in [6.07, 6.45) is 5.10. The smallest absolute Gasteiger partial charge is 0.255 e. The van der Waals surface area contributed by atoms with Gasteiger partial charge in [0.2, 0.25) is 5.91 Å². The number of carbonyl (C=O) groups excluding carboxylic acids is 2. The summed E-state index contributed by atoms with van der Waals surface area (Å²) in [6.45, 7) is 5.08. The lowest BCUT2D eigenvalue weighted by Gasteiger charge is -2.52. The van der Waals surface area contributed by atoms with E-state index in [0.29, 0.717) is 6.54 Å². The molecule has 27 heavy (non-hydrogen) atoms. The molecule has 0 spiro atoms. The highest BCUT2D eigenvalue weighted by Crippen LogP contribution is 2.43. The van der Waals surface area contributed by atoms with Crippen LogP contribution in [0.1, 0.15) is 50.8 Å². The number of H-pyrrole nitrogens is 1. The molecule has 142 valence electrons. The summed E-state index contributed by atoms with van der Waals surface area (Å²) in [4.78, 5) is 34.0. The van der Waals surface area contributed by atoms with Crippen molar-refractivity contribution >= 4 is 22.7 Å². The highest BCUT2D eigenvalue weighted by Gasteiger charge is 2.55. The number of hydrogen-bond donors (Lipinski definition) is 1. The standard InChI is InChI=1S/C22H27N3O2/c1-14-7-9-15(10-8-14)24-13-19(26)25-12-11-17-16-5-3-4-6-18(16)23-20(17)22(25,2)21(24)27/h3-6,14-15,23H,7-13H2,1-2H3. The van der Waals surface area contributed by atoms with Gasteiger partial charge in [-0.3, -0.25) is 9.59 Å². The molecule has 1 unspecified atom stereocenters. The number of aromatic amines is 1. The third kappa shape index (κ3) is 2.30. The van der Waals surface area contributed by atoms with E-state index < -0.39 is 5.54 Å². The number of para-hydroxylation sites is 1. The van der Waals surface area contributed by atoms with Gasteiger partial charge in [-0.1, -0.05) is 25.1 Å². The first-order chi connectivity index (χ1) is 13.0. The zero-order valence-electron chi connectivity index (χ0n) is 16.1. The number of nitrogens with zero attached hydrogens (tertiary/aromatic N) is 2. The van der Waals surface area contributed by atoms with Gasteiger partial charge in [0.05, 0.1) is 5.69 Å². The number of nitrogens with one attached hydrogen (secondary N) is 1. The van der Waals surface area contributed by atoms with E-state index in [2.05, 4.69) is 24.0 Å². The number of rotatable bonds is 1. The fraction of sp³-hybridized carbons (Fsp3) is 0.545. The topological polar surface area (TPSA) is 56.4 Å². The zero-order valence-corrected chi connectivity index (χ0v) is 16.1. The van der Waals surface area contributed by atoms with E-state index in [9.17, 15) is 9.59 Å². The van der Waals surface area contributed by atoms with Crippen LogP contribution in [0.4, 0.5) is 0 Å². The average Bonchev–Trinajstić information content (AvgIpc) is 3.06. The number of fused-ring (bicyclic) bond motifs is 5. The highest BCUT2D eigenvalue weighted by atomic mass is 16.2. The van der Waals surface area contributed by atoms with E-state index in [-0.39, 0.29) is 24.4 Å². The normalized spacial score (nSPS) is 31.2. The summed E-state index contributed by atoms with van der Waals surface area (Å²) in [6, 6.07) is 8.41. The third-order valence-corrected chi connectivity index (χ3v) is 7.14. The van der Waals surface area contributed by atoms with Crippen LogP contribution in [0, 0.1) is 5.92 Å². The Kier molecular flexibility index (Phi) is 3.65. The maximum absolute atomic E-state index is 13.8. The van der Waals surface area contributed by atoms with Gasteiger partial charge in [-0.2, -0.15) is 0 Å². The number of hydrogen-bond acceptors (Lipinski definition) is 2. The Labute approximate surface area is 159 Å². The van der Waals surface area contributed by atoms with E-state index in [1.807, 2.05) is 28.9 Å². The van der Waals surface area contributed by atoms with Crippen molar-refractivity contribution in [3.8, 4) is 0 Å². The number of piperazine rings is 1. The first-order valence-electron chi connectivity index (χ1n) is 10.2. The van der Waals surface area contributed by atoms with E-state index in [4.69, 9.17) is 0 Å². The molecule has 5 rings (SSSR count). The predicted molar refractivity (Wildman–Crippen MR) is 104 cm³/mol. The van der Waals surface area contributed by atoms with Gasteiger partial charge in [0.25, 0.3) is 5.91 Å². The molecule has 1 saturated carbocycles. The first-order valence-corrected chi connectivity index (χ1v) is 10.2. The molecule has 3 aliphatic rings. The first kappa shape index (κ1) is 16.8. The van der Waals surface area contributed by atoms with Crippen LogP contribution in [0.25, 0.3) is 10.9 Å². The molecule has 0 radical (unpaired) electrons. The van der Waals surface area contributed by atoms with Gasteiger partial charge < -0.3 is 14.8 Å². The van der Waals surface area contributed by atoms with Crippen molar-refractivity contribution in [3.05, 3.63) is 35.5 Å². The maximum Gasteiger partial charge on any atom is 0.255 e. The van der Waals surface area contributed by atoms with Crippen molar-refractivity contribution < 1.29 is 9.59 Å². The number of amides is 2. The lowest BCUT2D eigenvalue weighted by Crippen LogP contribution is -2.68. The van der Waals surface area contributed by atoms with E-state index in [1.165, 1.54) is 10.9 Å². The minimum absolute atomic E-state index is 0.0834. The molecule has 2 aromatic rings. The second-order valence-corrected chi connectivity index (χ2v) is 8.74. The molecule has 1 saturated heterocycles. The average molecular weight is 365 g/mol. The van der Waals surface area contributed by atoms with Gasteiger partial charge in [0.15, 0.2) is 5.54 Å². The highest BCUT2D eigenvalue weighted by molar-refractivity contribution is 6.00. The molecule has 1 atom stereocenters. The number of benzene rings is 1. The zero-order chi connectivity index (χ0) is 18.8. The van der Waals surface area contributed by atoms with Crippen molar-refractivity contribution in [2.45, 2.75) is 57.5 Å². The Morgan fingerprint density at radius 1 is 1.11 bits per heavy atom. The van der Waals surface area contributed by atoms with E-state index >= 15 is 0 Å². The van der Waals surface area contributed by atoms with Crippen LogP contribution in [0.3, 0.4) is 0 Å². The van der Waals surface area contributed by atoms with Crippen molar-refractivity contribution in [2.24, 2.45) is 5.92 Å².